The van der Waals surface area contributed by atoms with E-state index in [-0.39, 0.29) is 6.10 Å². The van der Waals surface area contributed by atoms with Crippen LogP contribution < -0.4 is 0 Å². The second kappa shape index (κ2) is 6.34. The number of aliphatic hydroxyl groups excluding tert-OH is 1. The zero-order valence-electron chi connectivity index (χ0n) is 9.47. The Morgan fingerprint density at radius 1 is 1.24 bits per heavy atom. The number of benzene rings is 1. The summed E-state index contributed by atoms with van der Waals surface area (Å²) in [6.07, 6.45) is 2.22. The summed E-state index contributed by atoms with van der Waals surface area (Å²) in [6, 6.07) is 10.2. The normalized spacial score (nSPS) is 12.6. The minimum Gasteiger partial charge on any atom is -0.393 e. The Kier molecular flexibility index (Phi) is 4.77. The summed E-state index contributed by atoms with van der Waals surface area (Å²) >= 11 is 5.21. The summed E-state index contributed by atoms with van der Waals surface area (Å²) < 4.78 is 1.08. The van der Waals surface area contributed by atoms with Gasteiger partial charge >= 0.3 is 0 Å². The monoisotopic (exact) mass is 310 g/mol. The van der Waals surface area contributed by atoms with E-state index in [1.54, 1.807) is 11.3 Å². The molecule has 1 heterocycles. The molecule has 3 heteroatoms. The van der Waals surface area contributed by atoms with Crippen molar-refractivity contribution in [3.05, 3.63) is 56.7 Å². The summed E-state index contributed by atoms with van der Waals surface area (Å²) in [5, 5.41) is 14.2. The Bertz CT molecular complexity index is 453. The van der Waals surface area contributed by atoms with Crippen molar-refractivity contribution in [2.45, 2.75) is 25.4 Å². The Morgan fingerprint density at radius 3 is 2.76 bits per heavy atom. The second-order valence-electron chi connectivity index (χ2n) is 4.12. The number of halogens is 1. The SMILES string of the molecule is OC(CCc1ccsc1)Cc1ccccc1Br. The Balaban J connectivity index is 1.85. The van der Waals surface area contributed by atoms with Gasteiger partial charge in [0.15, 0.2) is 0 Å². The van der Waals surface area contributed by atoms with Crippen LogP contribution in [0.1, 0.15) is 17.5 Å². The van der Waals surface area contributed by atoms with Gasteiger partial charge in [0.1, 0.15) is 0 Å². The van der Waals surface area contributed by atoms with Gasteiger partial charge in [0.2, 0.25) is 0 Å². The summed E-state index contributed by atoms with van der Waals surface area (Å²) in [5.74, 6) is 0. The molecule has 0 saturated heterocycles. The molecule has 0 saturated carbocycles. The average molecular weight is 311 g/mol. The number of hydrogen-bond acceptors (Lipinski definition) is 2. The van der Waals surface area contributed by atoms with Gasteiger partial charge in [-0.2, -0.15) is 11.3 Å². The molecule has 1 nitrogen and oxygen atoms in total. The third kappa shape index (κ3) is 3.95. The fraction of sp³-hybridized carbons (Fsp3) is 0.286. The molecule has 2 aromatic rings. The summed E-state index contributed by atoms with van der Waals surface area (Å²) in [7, 11) is 0. The quantitative estimate of drug-likeness (QED) is 0.883. The van der Waals surface area contributed by atoms with Crippen molar-refractivity contribution in [1.29, 1.82) is 0 Å². The van der Waals surface area contributed by atoms with Crippen LogP contribution in [0, 0.1) is 0 Å². The van der Waals surface area contributed by atoms with Gasteiger partial charge in [-0.15, -0.1) is 0 Å². The molecule has 1 atom stereocenters. The van der Waals surface area contributed by atoms with Gasteiger partial charge in [-0.3, -0.25) is 0 Å². The molecule has 1 unspecified atom stereocenters. The third-order valence-electron chi connectivity index (χ3n) is 2.76. The molecule has 1 aromatic heterocycles. The van der Waals surface area contributed by atoms with Gasteiger partial charge in [0, 0.05) is 4.47 Å². The van der Waals surface area contributed by atoms with Crippen molar-refractivity contribution in [1.82, 2.24) is 0 Å². The molecule has 0 aliphatic heterocycles. The van der Waals surface area contributed by atoms with E-state index < -0.39 is 0 Å². The van der Waals surface area contributed by atoms with Crippen LogP contribution >= 0.6 is 27.3 Å². The van der Waals surface area contributed by atoms with Crippen LogP contribution in [0.2, 0.25) is 0 Å². The molecular weight excluding hydrogens is 296 g/mol. The summed E-state index contributed by atoms with van der Waals surface area (Å²) in [5.41, 5.74) is 2.49. The lowest BCUT2D eigenvalue weighted by molar-refractivity contribution is 0.165. The van der Waals surface area contributed by atoms with Crippen molar-refractivity contribution in [2.24, 2.45) is 0 Å². The van der Waals surface area contributed by atoms with Crippen LogP contribution in [0.3, 0.4) is 0 Å². The van der Waals surface area contributed by atoms with Crippen LogP contribution in [0.15, 0.2) is 45.6 Å². The summed E-state index contributed by atoms with van der Waals surface area (Å²) in [4.78, 5) is 0. The van der Waals surface area contributed by atoms with Gasteiger partial charge in [0.25, 0.3) is 0 Å². The van der Waals surface area contributed by atoms with Gasteiger partial charge in [-0.05, 0) is 53.3 Å². The largest absolute Gasteiger partial charge is 0.393 e. The second-order valence-corrected chi connectivity index (χ2v) is 5.75. The van der Waals surface area contributed by atoms with Crippen molar-refractivity contribution < 1.29 is 5.11 Å². The molecule has 0 aliphatic carbocycles. The van der Waals surface area contributed by atoms with Crippen LogP contribution in [0.4, 0.5) is 0 Å². The maximum Gasteiger partial charge on any atom is 0.0584 e. The predicted octanol–water partition coefficient (Wildman–Crippen LogP) is 4.05. The van der Waals surface area contributed by atoms with Gasteiger partial charge in [-0.1, -0.05) is 34.1 Å². The smallest absolute Gasteiger partial charge is 0.0584 e. The molecule has 0 radical (unpaired) electrons. The lowest BCUT2D eigenvalue weighted by Crippen LogP contribution is -2.11. The van der Waals surface area contributed by atoms with Crippen LogP contribution in [-0.4, -0.2) is 11.2 Å². The molecule has 1 N–H and O–H groups in total. The zero-order chi connectivity index (χ0) is 12.1. The highest BCUT2D eigenvalue weighted by Crippen LogP contribution is 2.19. The van der Waals surface area contributed by atoms with Gasteiger partial charge in [0.05, 0.1) is 6.10 Å². The predicted molar refractivity (Wildman–Crippen MR) is 76.5 cm³/mol. The topological polar surface area (TPSA) is 20.2 Å². The van der Waals surface area contributed by atoms with Crippen LogP contribution in [0.25, 0.3) is 0 Å². The highest BCUT2D eigenvalue weighted by Gasteiger charge is 2.08. The van der Waals surface area contributed by atoms with Crippen molar-refractivity contribution in [3.63, 3.8) is 0 Å². The standard InChI is InChI=1S/C14H15BrOS/c15-14-4-2-1-3-12(14)9-13(16)6-5-11-7-8-17-10-11/h1-4,7-8,10,13,16H,5-6,9H2. The number of rotatable bonds is 5. The molecule has 2 rings (SSSR count). The van der Waals surface area contributed by atoms with Crippen LogP contribution in [0.5, 0.6) is 0 Å². The van der Waals surface area contributed by atoms with E-state index in [1.165, 1.54) is 11.1 Å². The molecule has 0 aliphatic rings. The van der Waals surface area contributed by atoms with Crippen LogP contribution in [-0.2, 0) is 12.8 Å². The number of thiophene rings is 1. The van der Waals surface area contributed by atoms with Crippen molar-refractivity contribution in [2.75, 3.05) is 0 Å². The number of aliphatic hydroxyl groups is 1. The van der Waals surface area contributed by atoms with E-state index >= 15 is 0 Å². The highest BCUT2D eigenvalue weighted by molar-refractivity contribution is 9.10. The van der Waals surface area contributed by atoms with Crippen molar-refractivity contribution >= 4 is 27.3 Å². The molecule has 1 aromatic carbocycles. The van der Waals surface area contributed by atoms with Crippen molar-refractivity contribution in [3.8, 4) is 0 Å². The first-order chi connectivity index (χ1) is 8.25. The fourth-order valence-corrected chi connectivity index (χ4v) is 2.94. The Hall–Kier alpha value is -0.640. The van der Waals surface area contributed by atoms with E-state index in [2.05, 4.69) is 38.8 Å². The Morgan fingerprint density at radius 2 is 2.06 bits per heavy atom. The first kappa shape index (κ1) is 12.8. The van der Waals surface area contributed by atoms with Gasteiger partial charge in [-0.25, -0.2) is 0 Å². The molecule has 0 amide bonds. The minimum absolute atomic E-state index is 0.270. The van der Waals surface area contributed by atoms with E-state index in [1.807, 2.05) is 18.2 Å². The molecule has 0 bridgehead atoms. The number of hydrogen-bond donors (Lipinski definition) is 1. The maximum atomic E-state index is 10.0. The first-order valence-electron chi connectivity index (χ1n) is 5.68. The zero-order valence-corrected chi connectivity index (χ0v) is 11.9. The summed E-state index contributed by atoms with van der Waals surface area (Å²) in [6.45, 7) is 0. The molecule has 90 valence electrons. The Labute approximate surface area is 114 Å². The third-order valence-corrected chi connectivity index (χ3v) is 4.27. The first-order valence-corrected chi connectivity index (χ1v) is 7.42. The van der Waals surface area contributed by atoms with E-state index in [9.17, 15) is 5.11 Å². The van der Waals surface area contributed by atoms with E-state index in [0.29, 0.717) is 6.42 Å². The van der Waals surface area contributed by atoms with E-state index in [4.69, 9.17) is 0 Å². The minimum atomic E-state index is -0.270. The molecular formula is C14H15BrOS. The lowest BCUT2D eigenvalue weighted by atomic mass is 10.0. The fourth-order valence-electron chi connectivity index (χ4n) is 1.79. The maximum absolute atomic E-state index is 10.0. The number of aryl methyl sites for hydroxylation is 1. The van der Waals surface area contributed by atoms with Gasteiger partial charge < -0.3 is 5.11 Å². The van der Waals surface area contributed by atoms with E-state index in [0.717, 1.165) is 17.3 Å². The lowest BCUT2D eigenvalue weighted by Gasteiger charge is -2.11. The highest BCUT2D eigenvalue weighted by atomic mass is 79.9. The molecule has 0 spiro atoms. The molecule has 17 heavy (non-hydrogen) atoms. The molecule has 0 fully saturated rings. The average Bonchev–Trinajstić information content (AvgIpc) is 2.82.